The summed E-state index contributed by atoms with van der Waals surface area (Å²) in [5.74, 6) is -1.13. The van der Waals surface area contributed by atoms with E-state index in [1.807, 2.05) is 41.3 Å². The summed E-state index contributed by atoms with van der Waals surface area (Å²) in [5, 5.41) is 14.8. The third kappa shape index (κ3) is 5.70. The van der Waals surface area contributed by atoms with E-state index >= 15 is 0 Å². The summed E-state index contributed by atoms with van der Waals surface area (Å²) in [5.41, 5.74) is 4.95. The van der Waals surface area contributed by atoms with Crippen LogP contribution in [0, 0.1) is 0 Å². The van der Waals surface area contributed by atoms with Crippen molar-refractivity contribution in [3.63, 3.8) is 0 Å². The van der Waals surface area contributed by atoms with Crippen LogP contribution in [0.4, 0.5) is 13.2 Å². The van der Waals surface area contributed by atoms with Crippen molar-refractivity contribution in [2.75, 3.05) is 13.3 Å². The van der Waals surface area contributed by atoms with Crippen molar-refractivity contribution >= 4 is 11.9 Å². The highest BCUT2D eigenvalue weighted by molar-refractivity contribution is 5.77. The largest absolute Gasteiger partial charge is 0.490 e. The number of ether oxygens (including phenoxy) is 2. The first-order valence-electron chi connectivity index (χ1n) is 10.7. The van der Waals surface area contributed by atoms with Crippen LogP contribution in [-0.4, -0.2) is 56.6 Å². The number of rotatable bonds is 4. The summed E-state index contributed by atoms with van der Waals surface area (Å²) in [6, 6.07) is 11.6. The number of carbonyl (C=O) groups is 2. The fraction of sp³-hybridized carbons (Fsp3) is 0.304. The Hall–Kier alpha value is -4.09. The Morgan fingerprint density at radius 2 is 1.91 bits per heavy atom. The summed E-state index contributed by atoms with van der Waals surface area (Å²) in [7, 11) is 0. The van der Waals surface area contributed by atoms with Crippen LogP contribution in [0.2, 0.25) is 0 Å². The Morgan fingerprint density at radius 1 is 1.14 bits per heavy atom. The van der Waals surface area contributed by atoms with Gasteiger partial charge in [0.05, 0.1) is 5.69 Å². The van der Waals surface area contributed by atoms with E-state index in [1.165, 1.54) is 0 Å². The highest BCUT2D eigenvalue weighted by atomic mass is 19.4. The Balaban J connectivity index is 0.000000364. The van der Waals surface area contributed by atoms with Gasteiger partial charge in [0, 0.05) is 54.6 Å². The molecule has 184 valence electrons. The van der Waals surface area contributed by atoms with Gasteiger partial charge in [0.15, 0.2) is 11.5 Å². The van der Waals surface area contributed by atoms with Gasteiger partial charge in [-0.3, -0.25) is 14.9 Å². The van der Waals surface area contributed by atoms with E-state index in [0.717, 1.165) is 46.1 Å². The average Bonchev–Trinajstić information content (AvgIpc) is 3.49. The normalized spacial score (nSPS) is 14.1. The molecule has 0 saturated carbocycles. The second-order valence-corrected chi connectivity index (χ2v) is 7.79. The first-order valence-corrected chi connectivity index (χ1v) is 10.7. The lowest BCUT2D eigenvalue weighted by molar-refractivity contribution is -0.192. The molecule has 2 N–H and O–H groups in total. The molecule has 0 bridgehead atoms. The number of amides is 1. The van der Waals surface area contributed by atoms with Gasteiger partial charge in [0.1, 0.15) is 0 Å². The van der Waals surface area contributed by atoms with E-state index in [9.17, 15) is 18.0 Å². The topological polar surface area (TPSA) is 118 Å². The monoisotopic (exact) mass is 490 g/mol. The number of H-pyrrole nitrogens is 1. The van der Waals surface area contributed by atoms with Gasteiger partial charge in [-0.25, -0.2) is 4.79 Å². The number of carboxylic acids is 1. The van der Waals surface area contributed by atoms with Gasteiger partial charge in [0.2, 0.25) is 12.7 Å². The maximum atomic E-state index is 12.7. The molecule has 3 aromatic rings. The molecule has 5 rings (SSSR count). The first kappa shape index (κ1) is 24.0. The van der Waals surface area contributed by atoms with Gasteiger partial charge in [-0.15, -0.1) is 0 Å². The zero-order valence-electron chi connectivity index (χ0n) is 18.3. The Labute approximate surface area is 197 Å². The molecule has 2 aliphatic heterocycles. The van der Waals surface area contributed by atoms with Crippen molar-refractivity contribution in [1.82, 2.24) is 20.1 Å². The number of benzene rings is 1. The Morgan fingerprint density at radius 3 is 2.63 bits per heavy atom. The van der Waals surface area contributed by atoms with Crippen molar-refractivity contribution in [3.8, 4) is 22.8 Å². The van der Waals surface area contributed by atoms with E-state index < -0.39 is 12.1 Å². The number of aromatic nitrogens is 3. The molecule has 1 amide bonds. The smallest absolute Gasteiger partial charge is 0.475 e. The maximum Gasteiger partial charge on any atom is 0.490 e. The minimum atomic E-state index is -5.08. The van der Waals surface area contributed by atoms with E-state index in [2.05, 4.69) is 15.2 Å². The third-order valence-corrected chi connectivity index (χ3v) is 5.50. The zero-order valence-corrected chi connectivity index (χ0v) is 18.3. The van der Waals surface area contributed by atoms with Gasteiger partial charge < -0.3 is 19.5 Å². The Kier molecular flexibility index (Phi) is 6.90. The number of carbonyl (C=O) groups excluding carboxylic acids is 1. The van der Waals surface area contributed by atoms with Crippen LogP contribution >= 0.6 is 0 Å². The van der Waals surface area contributed by atoms with Gasteiger partial charge >= 0.3 is 12.1 Å². The lowest BCUT2D eigenvalue weighted by Gasteiger charge is -2.27. The molecule has 0 atom stereocenters. The van der Waals surface area contributed by atoms with Gasteiger partial charge in [-0.05, 0) is 36.8 Å². The van der Waals surface area contributed by atoms with Gasteiger partial charge in [0.25, 0.3) is 0 Å². The second-order valence-electron chi connectivity index (χ2n) is 7.79. The molecule has 0 fully saturated rings. The molecule has 9 nitrogen and oxygen atoms in total. The predicted octanol–water partition coefficient (Wildman–Crippen LogP) is 3.35. The SMILES string of the molecule is O=C(CCc1ccccn1)N1CCc2[nH]nc(-c3ccc4c(c3)OCO4)c2C1.O=C(O)C(F)(F)F. The molecule has 0 spiro atoms. The fourth-order valence-electron chi connectivity index (χ4n) is 3.73. The van der Waals surface area contributed by atoms with E-state index in [0.29, 0.717) is 25.9 Å². The zero-order chi connectivity index (χ0) is 25.0. The van der Waals surface area contributed by atoms with Crippen LogP contribution in [0.5, 0.6) is 11.5 Å². The summed E-state index contributed by atoms with van der Waals surface area (Å²) in [6.45, 7) is 1.52. The van der Waals surface area contributed by atoms with Crippen LogP contribution in [0.1, 0.15) is 23.4 Å². The van der Waals surface area contributed by atoms with E-state index in [4.69, 9.17) is 19.4 Å². The minimum Gasteiger partial charge on any atom is -0.475 e. The molecule has 0 unspecified atom stereocenters. The van der Waals surface area contributed by atoms with Crippen molar-refractivity contribution in [2.24, 2.45) is 0 Å². The number of fused-ring (bicyclic) bond motifs is 2. The van der Waals surface area contributed by atoms with Crippen molar-refractivity contribution in [1.29, 1.82) is 0 Å². The number of nitrogens with zero attached hydrogens (tertiary/aromatic N) is 3. The standard InChI is InChI=1S/C21H20N4O3.C2HF3O2/c26-20(7-5-15-3-1-2-9-22-15)25-10-8-17-16(12-25)21(24-23-17)14-4-6-18-19(11-14)28-13-27-18;3-2(4,5)1(6)7/h1-4,6,9,11H,5,7-8,10,12-13H2,(H,23,24);(H,6,7). The molecule has 12 heteroatoms. The van der Waals surface area contributed by atoms with Crippen LogP contribution in [-0.2, 0) is 29.0 Å². The number of hydrogen-bond donors (Lipinski definition) is 2. The summed E-state index contributed by atoms with van der Waals surface area (Å²) >= 11 is 0. The number of alkyl halides is 3. The molecule has 0 aliphatic carbocycles. The number of carboxylic acid groups (broad SMARTS) is 1. The number of aryl methyl sites for hydroxylation is 1. The van der Waals surface area contributed by atoms with Crippen LogP contribution in [0.3, 0.4) is 0 Å². The van der Waals surface area contributed by atoms with Crippen LogP contribution < -0.4 is 9.47 Å². The van der Waals surface area contributed by atoms with Gasteiger partial charge in [-0.2, -0.15) is 18.3 Å². The summed E-state index contributed by atoms with van der Waals surface area (Å²) in [6.07, 6.45) is -1.43. The lowest BCUT2D eigenvalue weighted by atomic mass is 10.00. The molecule has 0 saturated heterocycles. The van der Waals surface area contributed by atoms with Crippen molar-refractivity contribution in [3.05, 3.63) is 59.5 Å². The number of aliphatic carboxylic acids is 1. The summed E-state index contributed by atoms with van der Waals surface area (Å²) in [4.78, 5) is 27.8. The predicted molar refractivity (Wildman–Crippen MR) is 116 cm³/mol. The molecule has 35 heavy (non-hydrogen) atoms. The minimum absolute atomic E-state index is 0.147. The maximum absolute atomic E-state index is 12.7. The first-order chi connectivity index (χ1) is 16.7. The molecular formula is C23H21F3N4O5. The number of pyridine rings is 1. The highest BCUT2D eigenvalue weighted by Gasteiger charge is 2.38. The molecule has 4 heterocycles. The van der Waals surface area contributed by atoms with Crippen LogP contribution in [0.25, 0.3) is 11.3 Å². The van der Waals surface area contributed by atoms with Gasteiger partial charge in [-0.1, -0.05) is 6.07 Å². The highest BCUT2D eigenvalue weighted by Crippen LogP contribution is 2.37. The lowest BCUT2D eigenvalue weighted by Crippen LogP contribution is -2.36. The second kappa shape index (κ2) is 10.0. The van der Waals surface area contributed by atoms with Crippen LogP contribution in [0.15, 0.2) is 42.6 Å². The number of nitrogens with one attached hydrogen (secondary N) is 1. The quantitative estimate of drug-likeness (QED) is 0.576. The Bertz CT molecular complexity index is 1210. The number of hydrogen-bond acceptors (Lipinski definition) is 6. The molecule has 2 aromatic heterocycles. The fourth-order valence-corrected chi connectivity index (χ4v) is 3.73. The van der Waals surface area contributed by atoms with Crippen molar-refractivity contribution < 1.29 is 37.3 Å². The molecule has 2 aliphatic rings. The molecular weight excluding hydrogens is 469 g/mol. The molecule has 1 aromatic carbocycles. The number of halogens is 3. The van der Waals surface area contributed by atoms with E-state index in [1.54, 1.807) is 6.20 Å². The third-order valence-electron chi connectivity index (χ3n) is 5.50. The average molecular weight is 490 g/mol. The summed E-state index contributed by atoms with van der Waals surface area (Å²) < 4.78 is 42.6. The molecule has 0 radical (unpaired) electrons. The number of aromatic amines is 1. The van der Waals surface area contributed by atoms with E-state index in [-0.39, 0.29) is 12.7 Å². The van der Waals surface area contributed by atoms with Crippen molar-refractivity contribution in [2.45, 2.75) is 32.0 Å².